The second-order valence-electron chi connectivity index (χ2n) is 5.50. The lowest BCUT2D eigenvalue weighted by molar-refractivity contribution is 0.142. The van der Waals surface area contributed by atoms with Gasteiger partial charge in [-0.05, 0) is 31.2 Å². The molecule has 1 aliphatic carbocycles. The fraction of sp³-hybridized carbons (Fsp3) is 0.750. The van der Waals surface area contributed by atoms with E-state index in [1.54, 1.807) is 10.9 Å². The molecule has 7 heteroatoms. The number of nitrogens with zero attached hydrogens (tertiary/aromatic N) is 3. The van der Waals surface area contributed by atoms with Crippen LogP contribution in [0.2, 0.25) is 0 Å². The van der Waals surface area contributed by atoms with Crippen LogP contribution in [-0.2, 0) is 23.5 Å². The summed E-state index contributed by atoms with van der Waals surface area (Å²) < 4.78 is 27.9. The molecule has 2 atom stereocenters. The number of aryl methyl sites for hydroxylation is 1. The van der Waals surface area contributed by atoms with E-state index in [0.29, 0.717) is 19.4 Å². The van der Waals surface area contributed by atoms with E-state index in [9.17, 15) is 13.5 Å². The Labute approximate surface area is 113 Å². The van der Waals surface area contributed by atoms with Crippen LogP contribution in [0.1, 0.15) is 24.8 Å². The number of aromatic nitrogens is 2. The number of sulfonamides is 1. The molecule has 19 heavy (non-hydrogen) atoms. The van der Waals surface area contributed by atoms with Crippen molar-refractivity contribution in [3.63, 3.8) is 0 Å². The second kappa shape index (κ2) is 4.57. The zero-order valence-electron chi connectivity index (χ0n) is 10.9. The molecule has 2 fully saturated rings. The van der Waals surface area contributed by atoms with Gasteiger partial charge in [-0.25, -0.2) is 8.42 Å². The zero-order valence-corrected chi connectivity index (χ0v) is 11.8. The molecule has 0 aromatic carbocycles. The van der Waals surface area contributed by atoms with Gasteiger partial charge in [-0.2, -0.15) is 9.40 Å². The van der Waals surface area contributed by atoms with Gasteiger partial charge in [0.1, 0.15) is 0 Å². The topological polar surface area (TPSA) is 75.4 Å². The summed E-state index contributed by atoms with van der Waals surface area (Å²) in [6.45, 7) is 0.435. The lowest BCUT2D eigenvalue weighted by Crippen LogP contribution is -2.42. The van der Waals surface area contributed by atoms with Gasteiger partial charge in [0.05, 0.1) is 23.6 Å². The smallest absolute Gasteiger partial charge is 0.217 e. The maximum Gasteiger partial charge on any atom is 0.217 e. The highest BCUT2D eigenvalue weighted by atomic mass is 32.2. The highest BCUT2D eigenvalue weighted by molar-refractivity contribution is 7.90. The predicted molar refractivity (Wildman–Crippen MR) is 70.0 cm³/mol. The first kappa shape index (κ1) is 13.1. The molecule has 6 nitrogen and oxygen atoms in total. The first-order chi connectivity index (χ1) is 8.98. The van der Waals surface area contributed by atoms with Crippen LogP contribution in [0.3, 0.4) is 0 Å². The Morgan fingerprint density at radius 3 is 2.74 bits per heavy atom. The Morgan fingerprint density at radius 2 is 2.16 bits per heavy atom. The Kier molecular flexibility index (Phi) is 3.15. The number of aliphatic hydroxyl groups is 1. The van der Waals surface area contributed by atoms with Gasteiger partial charge in [-0.3, -0.25) is 4.68 Å². The van der Waals surface area contributed by atoms with Crippen molar-refractivity contribution in [2.24, 2.45) is 7.05 Å². The number of hydrogen-bond donors (Lipinski definition) is 1. The van der Waals surface area contributed by atoms with Crippen molar-refractivity contribution < 1.29 is 13.5 Å². The fourth-order valence-corrected chi connectivity index (χ4v) is 4.81. The van der Waals surface area contributed by atoms with Crippen molar-refractivity contribution in [2.75, 3.05) is 6.54 Å². The summed E-state index contributed by atoms with van der Waals surface area (Å²) in [5.74, 6) is 0. The van der Waals surface area contributed by atoms with Gasteiger partial charge in [0, 0.05) is 19.8 Å². The largest absolute Gasteiger partial charge is 0.391 e. The number of aliphatic hydroxyl groups excluding tert-OH is 1. The molecule has 0 spiro atoms. The van der Waals surface area contributed by atoms with Gasteiger partial charge >= 0.3 is 0 Å². The van der Waals surface area contributed by atoms with E-state index in [0.717, 1.165) is 18.4 Å². The molecule has 0 unspecified atom stereocenters. The lowest BCUT2D eigenvalue weighted by atomic mass is 10.1. The van der Waals surface area contributed by atoms with Gasteiger partial charge < -0.3 is 5.11 Å². The fourth-order valence-electron chi connectivity index (χ4n) is 2.74. The van der Waals surface area contributed by atoms with Crippen molar-refractivity contribution in [3.05, 3.63) is 18.0 Å². The molecule has 2 heterocycles. The first-order valence-corrected chi connectivity index (χ1v) is 8.15. The van der Waals surface area contributed by atoms with Crippen LogP contribution in [0.4, 0.5) is 0 Å². The molecule has 1 aromatic rings. The summed E-state index contributed by atoms with van der Waals surface area (Å²) >= 11 is 0. The summed E-state index contributed by atoms with van der Waals surface area (Å²) in [5, 5.41) is 13.9. The normalized spacial score (nSPS) is 28.9. The summed E-state index contributed by atoms with van der Waals surface area (Å²) in [5.41, 5.74) is 0.962. The molecule has 1 aliphatic heterocycles. The van der Waals surface area contributed by atoms with E-state index in [2.05, 4.69) is 5.10 Å². The zero-order chi connectivity index (χ0) is 13.6. The monoisotopic (exact) mass is 285 g/mol. The van der Waals surface area contributed by atoms with Crippen molar-refractivity contribution in [1.82, 2.24) is 14.1 Å². The van der Waals surface area contributed by atoms with Crippen molar-refractivity contribution in [3.8, 4) is 0 Å². The molecule has 3 rings (SSSR count). The molecule has 0 bridgehead atoms. The second-order valence-corrected chi connectivity index (χ2v) is 7.67. The van der Waals surface area contributed by atoms with Crippen LogP contribution >= 0.6 is 0 Å². The van der Waals surface area contributed by atoms with E-state index >= 15 is 0 Å². The van der Waals surface area contributed by atoms with Crippen LogP contribution < -0.4 is 0 Å². The molecule has 0 radical (unpaired) electrons. The summed E-state index contributed by atoms with van der Waals surface area (Å²) in [4.78, 5) is 0. The Hall–Kier alpha value is -0.920. The minimum Gasteiger partial charge on any atom is -0.391 e. The standard InChI is InChI=1S/C12H19N3O3S/c1-14-8-9(7-13-14)6-11-12(16)4-5-15(11)19(17,18)10-2-3-10/h7-8,10-12,16H,2-6H2,1H3/t11-,12+/m0/s1. The van der Waals surface area contributed by atoms with Gasteiger partial charge in [0.25, 0.3) is 0 Å². The van der Waals surface area contributed by atoms with Crippen LogP contribution in [0.15, 0.2) is 12.4 Å². The van der Waals surface area contributed by atoms with Crippen LogP contribution in [0, 0.1) is 0 Å². The van der Waals surface area contributed by atoms with Gasteiger partial charge in [-0.1, -0.05) is 0 Å². The van der Waals surface area contributed by atoms with Crippen LogP contribution in [0.5, 0.6) is 0 Å². The summed E-state index contributed by atoms with van der Waals surface area (Å²) in [7, 11) is -1.39. The lowest BCUT2D eigenvalue weighted by Gasteiger charge is -2.25. The molecular formula is C12H19N3O3S. The minimum absolute atomic E-state index is 0.214. The Morgan fingerprint density at radius 1 is 1.42 bits per heavy atom. The highest BCUT2D eigenvalue weighted by Gasteiger charge is 2.47. The SMILES string of the molecule is Cn1cc(C[C@H]2[C@H](O)CCN2S(=O)(=O)C2CC2)cn1. The Balaban J connectivity index is 1.80. The van der Waals surface area contributed by atoms with Crippen molar-refractivity contribution >= 4 is 10.0 Å². The van der Waals surface area contributed by atoms with E-state index in [-0.39, 0.29) is 11.3 Å². The number of hydrogen-bond acceptors (Lipinski definition) is 4. The quantitative estimate of drug-likeness (QED) is 0.837. The molecule has 1 N–H and O–H groups in total. The van der Waals surface area contributed by atoms with Crippen molar-refractivity contribution in [2.45, 2.75) is 43.1 Å². The van der Waals surface area contributed by atoms with Gasteiger partial charge in [0.2, 0.25) is 10.0 Å². The molecular weight excluding hydrogens is 266 g/mol. The maximum atomic E-state index is 12.3. The third kappa shape index (κ3) is 2.42. The number of rotatable bonds is 4. The van der Waals surface area contributed by atoms with E-state index < -0.39 is 16.1 Å². The van der Waals surface area contributed by atoms with Gasteiger partial charge in [0.15, 0.2) is 0 Å². The molecule has 1 aromatic heterocycles. The first-order valence-electron chi connectivity index (χ1n) is 6.65. The molecule has 1 saturated carbocycles. The molecule has 0 amide bonds. The average molecular weight is 285 g/mol. The van der Waals surface area contributed by atoms with E-state index in [1.807, 2.05) is 13.2 Å². The molecule has 1 saturated heterocycles. The highest BCUT2D eigenvalue weighted by Crippen LogP contribution is 2.35. The van der Waals surface area contributed by atoms with Crippen LogP contribution in [-0.4, -0.2) is 51.6 Å². The summed E-state index contributed by atoms with van der Waals surface area (Å²) in [6, 6.07) is -0.338. The third-order valence-electron chi connectivity index (χ3n) is 3.93. The average Bonchev–Trinajstić information content (AvgIpc) is 3.05. The molecule has 106 valence electrons. The van der Waals surface area contributed by atoms with Crippen molar-refractivity contribution in [1.29, 1.82) is 0 Å². The summed E-state index contributed by atoms with van der Waals surface area (Å²) in [6.07, 6.45) is 5.59. The van der Waals surface area contributed by atoms with E-state index in [1.165, 1.54) is 4.31 Å². The third-order valence-corrected chi connectivity index (χ3v) is 6.36. The molecule has 2 aliphatic rings. The predicted octanol–water partition coefficient (Wildman–Crippen LogP) is -0.110. The minimum atomic E-state index is -3.21. The van der Waals surface area contributed by atoms with Gasteiger partial charge in [-0.15, -0.1) is 0 Å². The van der Waals surface area contributed by atoms with Crippen LogP contribution in [0.25, 0.3) is 0 Å². The van der Waals surface area contributed by atoms with E-state index in [4.69, 9.17) is 0 Å². The Bertz CT molecular complexity index is 565. The maximum absolute atomic E-state index is 12.3.